The molecule has 1 saturated heterocycles. The lowest BCUT2D eigenvalue weighted by atomic mass is 10.1. The highest BCUT2D eigenvalue weighted by molar-refractivity contribution is 5.98. The molecule has 2 aliphatic heterocycles. The molecule has 0 aliphatic carbocycles. The molecule has 0 N–H and O–H groups in total. The van der Waals surface area contributed by atoms with E-state index in [1.54, 1.807) is 33.5 Å². The summed E-state index contributed by atoms with van der Waals surface area (Å²) in [5.41, 5.74) is 3.07. The maximum Gasteiger partial charge on any atom is 0.257 e. The van der Waals surface area contributed by atoms with Crippen LogP contribution in [-0.4, -0.2) is 69.8 Å². The maximum atomic E-state index is 13.2. The summed E-state index contributed by atoms with van der Waals surface area (Å²) in [5, 5.41) is 0. The molecule has 2 aromatic carbocycles. The number of carbonyl (C=O) groups is 1. The van der Waals surface area contributed by atoms with Gasteiger partial charge in [-0.25, -0.2) is 0 Å². The van der Waals surface area contributed by atoms with Gasteiger partial charge in [0.05, 0.1) is 33.5 Å². The van der Waals surface area contributed by atoms with E-state index < -0.39 is 0 Å². The monoisotopic (exact) mass is 412 g/mol. The predicted octanol–water partition coefficient (Wildman–Crippen LogP) is 2.61. The smallest absolute Gasteiger partial charge is 0.257 e. The summed E-state index contributed by atoms with van der Waals surface area (Å²) in [6.45, 7) is 4.66. The summed E-state index contributed by atoms with van der Waals surface area (Å²) in [5.74, 6) is 2.50. The van der Waals surface area contributed by atoms with Crippen molar-refractivity contribution in [1.82, 2.24) is 9.80 Å². The number of hydrogen-bond acceptors (Lipinski definition) is 6. The van der Waals surface area contributed by atoms with Gasteiger partial charge in [-0.3, -0.25) is 9.69 Å². The van der Waals surface area contributed by atoms with E-state index in [1.165, 1.54) is 11.1 Å². The van der Waals surface area contributed by atoms with E-state index in [0.717, 1.165) is 38.4 Å². The van der Waals surface area contributed by atoms with E-state index in [1.807, 2.05) is 4.90 Å². The minimum Gasteiger partial charge on any atom is -0.496 e. The van der Waals surface area contributed by atoms with Crippen LogP contribution in [0.5, 0.6) is 23.0 Å². The van der Waals surface area contributed by atoms with E-state index in [-0.39, 0.29) is 5.91 Å². The van der Waals surface area contributed by atoms with E-state index in [4.69, 9.17) is 18.9 Å². The van der Waals surface area contributed by atoms with Crippen LogP contribution in [0.15, 0.2) is 30.3 Å². The van der Waals surface area contributed by atoms with E-state index in [2.05, 4.69) is 23.1 Å². The molecule has 0 saturated carbocycles. The van der Waals surface area contributed by atoms with Gasteiger partial charge in [0.1, 0.15) is 11.5 Å². The zero-order valence-corrected chi connectivity index (χ0v) is 17.8. The summed E-state index contributed by atoms with van der Waals surface area (Å²) < 4.78 is 21.7. The quantitative estimate of drug-likeness (QED) is 0.727. The van der Waals surface area contributed by atoms with Gasteiger partial charge in [0.15, 0.2) is 11.5 Å². The molecule has 0 spiro atoms. The van der Waals surface area contributed by atoms with Crippen LogP contribution in [-0.2, 0) is 13.0 Å². The Bertz CT molecular complexity index is 922. The minimum atomic E-state index is -0.0536. The van der Waals surface area contributed by atoms with Gasteiger partial charge >= 0.3 is 0 Å². The molecule has 0 aromatic heterocycles. The Morgan fingerprint density at radius 2 is 1.63 bits per heavy atom. The number of ether oxygens (including phenoxy) is 4. The van der Waals surface area contributed by atoms with Crippen LogP contribution in [0.25, 0.3) is 0 Å². The fourth-order valence-corrected chi connectivity index (χ4v) is 4.07. The number of amides is 1. The lowest BCUT2D eigenvalue weighted by Gasteiger charge is -2.35. The van der Waals surface area contributed by atoms with Gasteiger partial charge in [-0.15, -0.1) is 0 Å². The van der Waals surface area contributed by atoms with Crippen molar-refractivity contribution in [3.05, 3.63) is 47.0 Å². The van der Waals surface area contributed by atoms with Crippen LogP contribution in [0.2, 0.25) is 0 Å². The lowest BCUT2D eigenvalue weighted by molar-refractivity contribution is 0.0625. The van der Waals surface area contributed by atoms with Gasteiger partial charge in [-0.2, -0.15) is 0 Å². The van der Waals surface area contributed by atoms with E-state index >= 15 is 0 Å². The molecule has 0 atom stereocenters. The summed E-state index contributed by atoms with van der Waals surface area (Å²) >= 11 is 0. The Labute approximate surface area is 177 Å². The highest BCUT2D eigenvalue weighted by atomic mass is 16.5. The first-order valence-corrected chi connectivity index (χ1v) is 10.2. The zero-order chi connectivity index (χ0) is 21.1. The van der Waals surface area contributed by atoms with Gasteiger partial charge in [0, 0.05) is 51.3 Å². The Morgan fingerprint density at radius 1 is 0.933 bits per heavy atom. The molecule has 1 fully saturated rings. The molecular weight excluding hydrogens is 384 g/mol. The third-order valence-electron chi connectivity index (χ3n) is 5.76. The number of rotatable bonds is 6. The second kappa shape index (κ2) is 8.83. The fraction of sp³-hybridized carbons (Fsp3) is 0.435. The van der Waals surface area contributed by atoms with Crippen molar-refractivity contribution in [1.29, 1.82) is 0 Å². The van der Waals surface area contributed by atoms with E-state index in [0.29, 0.717) is 35.9 Å². The molecule has 2 aliphatic rings. The van der Waals surface area contributed by atoms with Crippen molar-refractivity contribution in [2.75, 3.05) is 54.1 Å². The zero-order valence-electron chi connectivity index (χ0n) is 17.8. The number of piperazine rings is 1. The van der Waals surface area contributed by atoms with Crippen molar-refractivity contribution >= 4 is 5.91 Å². The average Bonchev–Trinajstić information content (AvgIpc) is 3.26. The number of fused-ring (bicyclic) bond motifs is 1. The molecule has 1 amide bonds. The van der Waals surface area contributed by atoms with Crippen LogP contribution in [0, 0.1) is 0 Å². The third-order valence-corrected chi connectivity index (χ3v) is 5.76. The summed E-state index contributed by atoms with van der Waals surface area (Å²) in [4.78, 5) is 17.4. The molecule has 2 heterocycles. The molecule has 2 aromatic rings. The lowest BCUT2D eigenvalue weighted by Crippen LogP contribution is -2.48. The topological polar surface area (TPSA) is 60.5 Å². The Hall–Kier alpha value is -2.93. The molecule has 7 nitrogen and oxygen atoms in total. The number of carbonyl (C=O) groups excluding carboxylic acids is 1. The third kappa shape index (κ3) is 4.03. The minimum absolute atomic E-state index is 0.0536. The highest BCUT2D eigenvalue weighted by Crippen LogP contribution is 2.35. The van der Waals surface area contributed by atoms with Crippen molar-refractivity contribution in [3.8, 4) is 23.0 Å². The Kier molecular flexibility index (Phi) is 5.99. The number of benzene rings is 2. The van der Waals surface area contributed by atoms with Crippen molar-refractivity contribution in [3.63, 3.8) is 0 Å². The first-order valence-electron chi connectivity index (χ1n) is 10.2. The maximum absolute atomic E-state index is 13.2. The van der Waals surface area contributed by atoms with Crippen LogP contribution in [0.1, 0.15) is 21.5 Å². The second-order valence-corrected chi connectivity index (χ2v) is 7.52. The van der Waals surface area contributed by atoms with Crippen LogP contribution in [0.4, 0.5) is 0 Å². The van der Waals surface area contributed by atoms with Crippen LogP contribution in [0.3, 0.4) is 0 Å². The van der Waals surface area contributed by atoms with Crippen molar-refractivity contribution in [2.45, 2.75) is 13.0 Å². The molecule has 0 radical (unpaired) electrons. The standard InChI is InChI=1S/C23H28N2O5/c1-27-20-14-22(29-3)21(28-2)13-18(20)23(26)25-9-7-24(8-10-25)15-16-4-5-19-17(12-16)6-11-30-19/h4-5,12-14H,6-11,15H2,1-3H3. The average molecular weight is 412 g/mol. The van der Waals surface area contributed by atoms with Gasteiger partial charge in [-0.05, 0) is 17.2 Å². The Balaban J connectivity index is 1.41. The summed E-state index contributed by atoms with van der Waals surface area (Å²) in [7, 11) is 4.67. The first kappa shape index (κ1) is 20.3. The fourth-order valence-electron chi connectivity index (χ4n) is 4.07. The molecule has 4 rings (SSSR count). The summed E-state index contributed by atoms with van der Waals surface area (Å²) in [6.07, 6.45) is 0.985. The highest BCUT2D eigenvalue weighted by Gasteiger charge is 2.26. The van der Waals surface area contributed by atoms with E-state index in [9.17, 15) is 4.79 Å². The molecule has 7 heteroatoms. The first-order chi connectivity index (χ1) is 14.6. The molecule has 160 valence electrons. The summed E-state index contributed by atoms with van der Waals surface area (Å²) in [6, 6.07) is 9.84. The predicted molar refractivity (Wildman–Crippen MR) is 113 cm³/mol. The normalized spacial score (nSPS) is 16.0. The molecule has 30 heavy (non-hydrogen) atoms. The molecular formula is C23H28N2O5. The van der Waals surface area contributed by atoms with Gasteiger partial charge < -0.3 is 23.8 Å². The number of nitrogens with zero attached hydrogens (tertiary/aromatic N) is 2. The number of hydrogen-bond donors (Lipinski definition) is 0. The number of methoxy groups -OCH3 is 3. The SMILES string of the molecule is COc1cc(OC)c(C(=O)N2CCN(Cc3ccc4c(c3)CCO4)CC2)cc1OC. The Morgan fingerprint density at radius 3 is 2.33 bits per heavy atom. The van der Waals surface area contributed by atoms with Crippen LogP contribution < -0.4 is 18.9 Å². The second-order valence-electron chi connectivity index (χ2n) is 7.52. The van der Waals surface area contributed by atoms with Crippen LogP contribution >= 0.6 is 0 Å². The molecule has 0 bridgehead atoms. The van der Waals surface area contributed by atoms with Crippen molar-refractivity contribution < 1.29 is 23.7 Å². The van der Waals surface area contributed by atoms with Gasteiger partial charge in [-0.1, -0.05) is 12.1 Å². The largest absolute Gasteiger partial charge is 0.496 e. The van der Waals surface area contributed by atoms with Gasteiger partial charge in [0.2, 0.25) is 0 Å². The van der Waals surface area contributed by atoms with Crippen molar-refractivity contribution in [2.24, 2.45) is 0 Å². The molecule has 0 unspecified atom stereocenters. The van der Waals surface area contributed by atoms with Gasteiger partial charge in [0.25, 0.3) is 5.91 Å².